The van der Waals surface area contributed by atoms with Crippen LogP contribution in [0.3, 0.4) is 0 Å². The Morgan fingerprint density at radius 1 is 1.59 bits per heavy atom. The second-order valence-corrected chi connectivity index (χ2v) is 5.53. The van der Waals surface area contributed by atoms with Crippen molar-refractivity contribution in [3.8, 4) is 0 Å². The fourth-order valence-electron chi connectivity index (χ4n) is 1.42. The third-order valence-electron chi connectivity index (χ3n) is 2.71. The number of aliphatic hydroxyl groups is 1. The van der Waals surface area contributed by atoms with Crippen LogP contribution in [-0.2, 0) is 7.05 Å². The summed E-state index contributed by atoms with van der Waals surface area (Å²) in [6.45, 7) is 5.27. The van der Waals surface area contributed by atoms with Gasteiger partial charge in [-0.3, -0.25) is 0 Å². The van der Waals surface area contributed by atoms with E-state index in [1.54, 1.807) is 18.1 Å². The van der Waals surface area contributed by atoms with Crippen LogP contribution in [0, 0.1) is 0 Å². The Morgan fingerprint density at radius 3 is 2.88 bits per heavy atom. The van der Waals surface area contributed by atoms with Crippen molar-refractivity contribution in [3.05, 3.63) is 6.33 Å². The van der Waals surface area contributed by atoms with Gasteiger partial charge >= 0.3 is 0 Å². The lowest BCUT2D eigenvalue weighted by atomic mass is 10.0. The number of hydrogen-bond acceptors (Lipinski definition) is 5. The third kappa shape index (κ3) is 4.65. The lowest BCUT2D eigenvalue weighted by Crippen LogP contribution is -2.46. The molecule has 0 fully saturated rings. The van der Waals surface area contributed by atoms with Gasteiger partial charge in [0.1, 0.15) is 6.33 Å². The maximum Gasteiger partial charge on any atom is 0.190 e. The molecule has 0 spiro atoms. The van der Waals surface area contributed by atoms with E-state index >= 15 is 0 Å². The first kappa shape index (κ1) is 14.5. The van der Waals surface area contributed by atoms with Crippen LogP contribution in [0.5, 0.6) is 0 Å². The Kier molecular flexibility index (Phi) is 5.94. The molecule has 0 aliphatic rings. The standard InChI is InChI=1S/C11H22N4OS/c1-4-6-12-11(2,8-16)5-7-17-10-14-13-9-15(10)3/h9,12,16H,4-8H2,1-3H3. The van der Waals surface area contributed by atoms with Gasteiger partial charge in [-0.15, -0.1) is 10.2 Å². The van der Waals surface area contributed by atoms with Crippen molar-refractivity contribution in [2.24, 2.45) is 7.05 Å². The fraction of sp³-hybridized carbons (Fsp3) is 0.818. The number of nitrogens with one attached hydrogen (secondary N) is 1. The van der Waals surface area contributed by atoms with Crippen LogP contribution in [-0.4, -0.2) is 44.3 Å². The first-order valence-electron chi connectivity index (χ1n) is 5.94. The number of rotatable bonds is 8. The molecule has 2 N–H and O–H groups in total. The van der Waals surface area contributed by atoms with E-state index in [1.807, 2.05) is 11.6 Å². The predicted octanol–water partition coefficient (Wildman–Crippen LogP) is 1.05. The molecule has 17 heavy (non-hydrogen) atoms. The second-order valence-electron chi connectivity index (χ2n) is 4.47. The first-order valence-corrected chi connectivity index (χ1v) is 6.92. The summed E-state index contributed by atoms with van der Waals surface area (Å²) >= 11 is 1.67. The highest BCUT2D eigenvalue weighted by molar-refractivity contribution is 7.99. The summed E-state index contributed by atoms with van der Waals surface area (Å²) in [7, 11) is 1.93. The zero-order valence-corrected chi connectivity index (χ0v) is 11.6. The maximum atomic E-state index is 9.42. The minimum atomic E-state index is -0.193. The molecule has 1 rings (SSSR count). The molecule has 0 amide bonds. The summed E-state index contributed by atoms with van der Waals surface area (Å²) in [4.78, 5) is 0. The van der Waals surface area contributed by atoms with Crippen molar-refractivity contribution in [3.63, 3.8) is 0 Å². The number of hydrogen-bond donors (Lipinski definition) is 2. The van der Waals surface area contributed by atoms with Crippen molar-refractivity contribution in [1.82, 2.24) is 20.1 Å². The van der Waals surface area contributed by atoms with E-state index in [2.05, 4.69) is 29.4 Å². The van der Waals surface area contributed by atoms with Gasteiger partial charge in [-0.05, 0) is 26.3 Å². The van der Waals surface area contributed by atoms with Crippen LogP contribution < -0.4 is 5.32 Å². The van der Waals surface area contributed by atoms with Crippen LogP contribution in [0.4, 0.5) is 0 Å². The Hall–Kier alpha value is -0.590. The first-order chi connectivity index (χ1) is 8.11. The fourth-order valence-corrected chi connectivity index (χ4v) is 2.51. The lowest BCUT2D eigenvalue weighted by Gasteiger charge is -2.28. The van der Waals surface area contributed by atoms with Gasteiger partial charge in [0.2, 0.25) is 0 Å². The monoisotopic (exact) mass is 258 g/mol. The molecule has 98 valence electrons. The average molecular weight is 258 g/mol. The Labute approximate surface area is 107 Å². The number of aromatic nitrogens is 3. The van der Waals surface area contributed by atoms with Crippen molar-refractivity contribution < 1.29 is 5.11 Å². The third-order valence-corrected chi connectivity index (χ3v) is 3.74. The van der Waals surface area contributed by atoms with Gasteiger partial charge in [0.05, 0.1) is 6.61 Å². The minimum absolute atomic E-state index is 0.159. The summed E-state index contributed by atoms with van der Waals surface area (Å²) in [6, 6.07) is 0. The number of aryl methyl sites for hydroxylation is 1. The van der Waals surface area contributed by atoms with Gasteiger partial charge in [-0.2, -0.15) is 0 Å². The van der Waals surface area contributed by atoms with E-state index in [4.69, 9.17) is 0 Å². The molecule has 0 aliphatic heterocycles. The number of thioether (sulfide) groups is 1. The molecule has 0 saturated heterocycles. The molecular formula is C11H22N4OS. The highest BCUT2D eigenvalue weighted by atomic mass is 32.2. The lowest BCUT2D eigenvalue weighted by molar-refractivity contribution is 0.171. The van der Waals surface area contributed by atoms with Crippen LogP contribution in [0.1, 0.15) is 26.7 Å². The molecule has 5 nitrogen and oxygen atoms in total. The molecule has 1 heterocycles. The Morgan fingerprint density at radius 2 is 2.35 bits per heavy atom. The molecule has 0 aromatic carbocycles. The van der Waals surface area contributed by atoms with Crippen LogP contribution >= 0.6 is 11.8 Å². The summed E-state index contributed by atoms with van der Waals surface area (Å²) in [5.41, 5.74) is -0.193. The van der Waals surface area contributed by atoms with Crippen molar-refractivity contribution in [1.29, 1.82) is 0 Å². The molecule has 0 radical (unpaired) electrons. The van der Waals surface area contributed by atoms with Crippen molar-refractivity contribution >= 4 is 11.8 Å². The van der Waals surface area contributed by atoms with Crippen molar-refractivity contribution in [2.75, 3.05) is 18.9 Å². The van der Waals surface area contributed by atoms with Gasteiger partial charge in [-0.25, -0.2) is 0 Å². The van der Waals surface area contributed by atoms with Gasteiger partial charge in [-0.1, -0.05) is 18.7 Å². The zero-order chi connectivity index (χ0) is 12.7. The molecule has 1 atom stereocenters. The molecule has 6 heteroatoms. The molecule has 0 saturated carbocycles. The molecule has 0 bridgehead atoms. The second kappa shape index (κ2) is 6.98. The van der Waals surface area contributed by atoms with Crippen LogP contribution in [0.25, 0.3) is 0 Å². The quantitative estimate of drug-likeness (QED) is 0.682. The largest absolute Gasteiger partial charge is 0.394 e. The van der Waals surface area contributed by atoms with E-state index < -0.39 is 0 Å². The Balaban J connectivity index is 2.35. The SMILES string of the molecule is CCCNC(C)(CO)CCSc1nncn1C. The average Bonchev–Trinajstić information content (AvgIpc) is 2.73. The Bertz CT molecular complexity index is 331. The van der Waals surface area contributed by atoms with Gasteiger partial charge < -0.3 is 15.0 Å². The van der Waals surface area contributed by atoms with Crippen LogP contribution in [0.15, 0.2) is 11.5 Å². The van der Waals surface area contributed by atoms with Gasteiger partial charge in [0, 0.05) is 18.3 Å². The van der Waals surface area contributed by atoms with E-state index in [1.165, 1.54) is 0 Å². The summed E-state index contributed by atoms with van der Waals surface area (Å²) < 4.78 is 1.90. The molecule has 0 aliphatic carbocycles. The van der Waals surface area contributed by atoms with Crippen molar-refractivity contribution in [2.45, 2.75) is 37.4 Å². The van der Waals surface area contributed by atoms with Gasteiger partial charge in [0.25, 0.3) is 0 Å². The molecule has 1 aromatic rings. The summed E-state index contributed by atoms with van der Waals surface area (Å²) in [6.07, 6.45) is 3.68. The number of aliphatic hydroxyl groups excluding tert-OH is 1. The zero-order valence-electron chi connectivity index (χ0n) is 10.8. The summed E-state index contributed by atoms with van der Waals surface area (Å²) in [5, 5.41) is 21.6. The molecular weight excluding hydrogens is 236 g/mol. The normalized spacial score (nSPS) is 14.8. The highest BCUT2D eigenvalue weighted by Crippen LogP contribution is 2.19. The maximum absolute atomic E-state index is 9.42. The predicted molar refractivity (Wildman–Crippen MR) is 70.1 cm³/mol. The van der Waals surface area contributed by atoms with E-state index in [0.717, 1.165) is 30.3 Å². The van der Waals surface area contributed by atoms with E-state index in [0.29, 0.717) is 0 Å². The van der Waals surface area contributed by atoms with E-state index in [9.17, 15) is 5.11 Å². The smallest absolute Gasteiger partial charge is 0.190 e. The minimum Gasteiger partial charge on any atom is -0.394 e. The topological polar surface area (TPSA) is 63.0 Å². The highest BCUT2D eigenvalue weighted by Gasteiger charge is 2.21. The van der Waals surface area contributed by atoms with E-state index in [-0.39, 0.29) is 12.1 Å². The van der Waals surface area contributed by atoms with Gasteiger partial charge in [0.15, 0.2) is 5.16 Å². The van der Waals surface area contributed by atoms with Crippen LogP contribution in [0.2, 0.25) is 0 Å². The summed E-state index contributed by atoms with van der Waals surface area (Å²) in [5.74, 6) is 0.917. The molecule has 1 aromatic heterocycles. The molecule has 1 unspecified atom stereocenters. The number of nitrogens with zero attached hydrogens (tertiary/aromatic N) is 3.